The molecule has 1 amide bonds. The number of ketones is 1. The van der Waals surface area contributed by atoms with Crippen molar-refractivity contribution in [3.05, 3.63) is 95.0 Å². The fourth-order valence-electron chi connectivity index (χ4n) is 3.30. The van der Waals surface area contributed by atoms with Gasteiger partial charge in [0.05, 0.1) is 0 Å². The van der Waals surface area contributed by atoms with Gasteiger partial charge in [-0.3, -0.25) is 9.59 Å². The Bertz CT molecular complexity index is 1290. The maximum atomic E-state index is 13.3. The van der Waals surface area contributed by atoms with Crippen LogP contribution >= 0.6 is 23.4 Å². The summed E-state index contributed by atoms with van der Waals surface area (Å²) >= 11 is 7.31. The number of nitrogens with zero attached hydrogens (tertiary/aromatic N) is 3. The van der Waals surface area contributed by atoms with Gasteiger partial charge in [0.2, 0.25) is 5.91 Å². The smallest absolute Gasteiger partial charge is 0.242 e. The molecule has 8 heteroatoms. The molecule has 0 saturated heterocycles. The Kier molecular flexibility index (Phi) is 6.91. The molecule has 4 rings (SSSR count). The normalized spacial score (nSPS) is 11.7. The summed E-state index contributed by atoms with van der Waals surface area (Å²) < 4.78 is 1.85. The van der Waals surface area contributed by atoms with Gasteiger partial charge in [0, 0.05) is 28.9 Å². The number of hydrogen-bond acceptors (Lipinski definition) is 5. The van der Waals surface area contributed by atoms with Crippen LogP contribution in [0.1, 0.15) is 28.1 Å². The predicted octanol–water partition coefficient (Wildman–Crippen LogP) is 5.81. The second-order valence-electron chi connectivity index (χ2n) is 7.41. The quantitative estimate of drug-likeness (QED) is 0.269. The number of anilines is 1. The molecule has 3 aromatic carbocycles. The van der Waals surface area contributed by atoms with Crippen LogP contribution in [0.5, 0.6) is 0 Å². The molecule has 0 aliphatic heterocycles. The molecule has 6 nitrogen and oxygen atoms in total. The molecule has 0 aliphatic rings. The topological polar surface area (TPSA) is 76.9 Å². The zero-order chi connectivity index (χ0) is 23.4. The molecule has 166 valence electrons. The van der Waals surface area contributed by atoms with Crippen molar-refractivity contribution < 1.29 is 9.59 Å². The number of carbonyl (C=O) groups excluding carboxylic acids is 2. The number of rotatable bonds is 7. The molecule has 4 aromatic rings. The third-order valence-corrected chi connectivity index (χ3v) is 6.58. The van der Waals surface area contributed by atoms with Crippen LogP contribution in [-0.2, 0) is 11.8 Å². The molecule has 1 heterocycles. The second-order valence-corrected chi connectivity index (χ2v) is 8.92. The number of nitrogens with one attached hydrogen (secondary N) is 1. The van der Waals surface area contributed by atoms with E-state index in [1.807, 2.05) is 54.1 Å². The average Bonchev–Trinajstić information content (AvgIpc) is 3.18. The molecular formula is C25H21ClN4O2S. The van der Waals surface area contributed by atoms with Crippen LogP contribution in [0.15, 0.2) is 84.0 Å². The number of Topliss-reactive ketones (excluding diaryl/α,β-unsaturated/α-hetero) is 1. The Morgan fingerprint density at radius 3 is 2.39 bits per heavy atom. The SMILES string of the molecule is CC(=O)c1cccc(NC(=O)C(Sc2nnc(-c3ccc(Cl)cc3)n2C)c2ccccc2)c1. The van der Waals surface area contributed by atoms with Crippen molar-refractivity contribution in [2.75, 3.05) is 5.32 Å². The number of benzene rings is 3. The number of halogens is 1. The molecular weight excluding hydrogens is 456 g/mol. The van der Waals surface area contributed by atoms with Crippen LogP contribution < -0.4 is 5.32 Å². The molecule has 0 spiro atoms. The molecule has 1 N–H and O–H groups in total. The first-order valence-electron chi connectivity index (χ1n) is 10.2. The fourth-order valence-corrected chi connectivity index (χ4v) is 4.43. The maximum absolute atomic E-state index is 13.3. The Hall–Kier alpha value is -3.42. The van der Waals surface area contributed by atoms with Gasteiger partial charge in [-0.2, -0.15) is 0 Å². The summed E-state index contributed by atoms with van der Waals surface area (Å²) in [5, 5.41) is 12.2. The van der Waals surface area contributed by atoms with E-state index in [0.29, 0.717) is 27.3 Å². The summed E-state index contributed by atoms with van der Waals surface area (Å²) in [6.45, 7) is 1.50. The van der Waals surface area contributed by atoms with Crippen LogP contribution in [-0.4, -0.2) is 26.5 Å². The highest BCUT2D eigenvalue weighted by atomic mass is 35.5. The Morgan fingerprint density at radius 1 is 0.970 bits per heavy atom. The Morgan fingerprint density at radius 2 is 1.70 bits per heavy atom. The van der Waals surface area contributed by atoms with Crippen molar-refractivity contribution in [2.24, 2.45) is 7.05 Å². The maximum Gasteiger partial charge on any atom is 0.242 e. The van der Waals surface area contributed by atoms with Crippen molar-refractivity contribution >= 4 is 40.7 Å². The van der Waals surface area contributed by atoms with Crippen molar-refractivity contribution in [2.45, 2.75) is 17.3 Å². The molecule has 33 heavy (non-hydrogen) atoms. The molecule has 1 atom stereocenters. The molecule has 1 unspecified atom stereocenters. The van der Waals surface area contributed by atoms with Crippen LogP contribution in [0.4, 0.5) is 5.69 Å². The first-order valence-corrected chi connectivity index (χ1v) is 11.5. The van der Waals surface area contributed by atoms with Gasteiger partial charge < -0.3 is 9.88 Å². The number of aromatic nitrogens is 3. The minimum Gasteiger partial charge on any atom is -0.325 e. The van der Waals surface area contributed by atoms with Gasteiger partial charge in [-0.15, -0.1) is 10.2 Å². The Balaban J connectivity index is 1.62. The van der Waals surface area contributed by atoms with Crippen molar-refractivity contribution in [1.82, 2.24) is 14.8 Å². The molecule has 0 aliphatic carbocycles. The summed E-state index contributed by atoms with van der Waals surface area (Å²) in [7, 11) is 1.86. The third kappa shape index (κ3) is 5.32. The van der Waals surface area contributed by atoms with Crippen LogP contribution in [0.3, 0.4) is 0 Å². The fraction of sp³-hybridized carbons (Fsp3) is 0.120. The zero-order valence-electron chi connectivity index (χ0n) is 18.0. The average molecular weight is 477 g/mol. The van der Waals surface area contributed by atoms with Crippen molar-refractivity contribution in [1.29, 1.82) is 0 Å². The standard InChI is InChI=1S/C25H21ClN4O2S/c1-16(31)19-9-6-10-21(15-19)27-24(32)22(17-7-4-3-5-8-17)33-25-29-28-23(30(25)2)18-11-13-20(26)14-12-18/h3-15,22H,1-2H3,(H,27,32). The highest BCUT2D eigenvalue weighted by molar-refractivity contribution is 8.00. The van der Waals surface area contributed by atoms with Crippen LogP contribution in [0.25, 0.3) is 11.4 Å². The number of hydrogen-bond donors (Lipinski definition) is 1. The minimum absolute atomic E-state index is 0.0612. The molecule has 0 fully saturated rings. The third-order valence-electron chi connectivity index (χ3n) is 5.04. The molecule has 1 aromatic heterocycles. The molecule has 0 saturated carbocycles. The van der Waals surface area contributed by atoms with Crippen LogP contribution in [0, 0.1) is 0 Å². The van der Waals surface area contributed by atoms with E-state index in [1.165, 1.54) is 18.7 Å². The van der Waals surface area contributed by atoms with E-state index in [9.17, 15) is 9.59 Å². The van der Waals surface area contributed by atoms with E-state index in [-0.39, 0.29) is 11.7 Å². The summed E-state index contributed by atoms with van der Waals surface area (Å²) in [6, 6.07) is 23.8. The summed E-state index contributed by atoms with van der Waals surface area (Å²) in [5.41, 5.74) is 2.81. The van der Waals surface area contributed by atoms with E-state index in [2.05, 4.69) is 15.5 Å². The number of amides is 1. The highest BCUT2D eigenvalue weighted by Crippen LogP contribution is 2.36. The number of thioether (sulfide) groups is 1. The summed E-state index contributed by atoms with van der Waals surface area (Å²) in [4.78, 5) is 25.0. The highest BCUT2D eigenvalue weighted by Gasteiger charge is 2.25. The van der Waals surface area contributed by atoms with E-state index in [0.717, 1.165) is 11.1 Å². The minimum atomic E-state index is -0.576. The van der Waals surface area contributed by atoms with E-state index < -0.39 is 5.25 Å². The van der Waals surface area contributed by atoms with Gasteiger partial charge in [-0.1, -0.05) is 65.8 Å². The molecule has 0 bridgehead atoms. The second kappa shape index (κ2) is 10.0. The lowest BCUT2D eigenvalue weighted by Crippen LogP contribution is -2.19. The summed E-state index contributed by atoms with van der Waals surface area (Å²) in [5.74, 6) is 0.396. The lowest BCUT2D eigenvalue weighted by molar-refractivity contribution is -0.115. The first kappa shape index (κ1) is 22.8. The van der Waals surface area contributed by atoms with Gasteiger partial charge in [0.25, 0.3) is 0 Å². The van der Waals surface area contributed by atoms with Gasteiger partial charge in [-0.05, 0) is 48.9 Å². The van der Waals surface area contributed by atoms with Gasteiger partial charge in [0.15, 0.2) is 16.8 Å². The zero-order valence-corrected chi connectivity index (χ0v) is 19.6. The van der Waals surface area contributed by atoms with E-state index >= 15 is 0 Å². The van der Waals surface area contributed by atoms with Gasteiger partial charge in [0.1, 0.15) is 5.25 Å². The van der Waals surface area contributed by atoms with E-state index in [1.54, 1.807) is 36.4 Å². The van der Waals surface area contributed by atoms with Gasteiger partial charge in [-0.25, -0.2) is 0 Å². The predicted molar refractivity (Wildman–Crippen MR) is 132 cm³/mol. The van der Waals surface area contributed by atoms with Crippen molar-refractivity contribution in [3.8, 4) is 11.4 Å². The largest absolute Gasteiger partial charge is 0.325 e. The summed E-state index contributed by atoms with van der Waals surface area (Å²) in [6.07, 6.45) is 0. The monoisotopic (exact) mass is 476 g/mol. The first-order chi connectivity index (χ1) is 15.9. The lowest BCUT2D eigenvalue weighted by atomic mass is 10.1. The Labute approximate surface area is 201 Å². The molecule has 0 radical (unpaired) electrons. The lowest BCUT2D eigenvalue weighted by Gasteiger charge is -2.17. The number of carbonyl (C=O) groups is 2. The van der Waals surface area contributed by atoms with Gasteiger partial charge >= 0.3 is 0 Å². The van der Waals surface area contributed by atoms with Crippen molar-refractivity contribution in [3.63, 3.8) is 0 Å². The van der Waals surface area contributed by atoms with E-state index in [4.69, 9.17) is 11.6 Å². The van der Waals surface area contributed by atoms with Crippen LogP contribution in [0.2, 0.25) is 5.02 Å².